The topological polar surface area (TPSA) is 43.6 Å². The molecule has 4 saturated carbocycles. The fourth-order valence-electron chi connectivity index (χ4n) is 12.4. The van der Waals surface area contributed by atoms with Crippen LogP contribution in [0.4, 0.5) is 0 Å². The van der Waals surface area contributed by atoms with E-state index < -0.39 is 0 Å². The Bertz CT molecular complexity index is 3190. The van der Waals surface area contributed by atoms with E-state index in [0.29, 0.717) is 29.3 Å². The smallest absolute Gasteiger partial charge is 0.164 e. The molecule has 0 unspecified atom stereocenters. The highest BCUT2D eigenvalue weighted by Crippen LogP contribution is 2.65. The van der Waals surface area contributed by atoms with Crippen LogP contribution in [0, 0.1) is 23.7 Å². The zero-order chi connectivity index (χ0) is 40.1. The van der Waals surface area contributed by atoms with Crippen LogP contribution in [0.2, 0.25) is 0 Å². The van der Waals surface area contributed by atoms with E-state index in [1.165, 1.54) is 92.3 Å². The molecule has 4 heteroatoms. The van der Waals surface area contributed by atoms with Gasteiger partial charge in [-0.25, -0.2) is 15.0 Å². The molecule has 10 aromatic rings. The molecular weight excluding hydrogens is 741 g/mol. The van der Waals surface area contributed by atoms with E-state index in [2.05, 4.69) is 150 Å². The number of benzene rings is 8. The second kappa shape index (κ2) is 13.6. The highest BCUT2D eigenvalue weighted by Gasteiger charge is 2.58. The highest BCUT2D eigenvalue weighted by atomic mass is 15.0. The summed E-state index contributed by atoms with van der Waals surface area (Å²) in [5.41, 5.74) is 9.64. The van der Waals surface area contributed by atoms with Crippen LogP contribution in [0.25, 0.3) is 83.2 Å². The molecule has 4 fully saturated rings. The van der Waals surface area contributed by atoms with Crippen LogP contribution < -0.4 is 0 Å². The molecule has 61 heavy (non-hydrogen) atoms. The van der Waals surface area contributed by atoms with E-state index in [-0.39, 0.29) is 5.41 Å². The normalized spacial score (nSPS) is 21.8. The molecule has 2 aromatic heterocycles. The molecule has 0 aliphatic heterocycles. The van der Waals surface area contributed by atoms with Crippen molar-refractivity contribution in [3.63, 3.8) is 0 Å². The van der Waals surface area contributed by atoms with Gasteiger partial charge in [0.15, 0.2) is 17.5 Å². The predicted octanol–water partition coefficient (Wildman–Crippen LogP) is 14.0. The van der Waals surface area contributed by atoms with Gasteiger partial charge in [0.1, 0.15) is 0 Å². The van der Waals surface area contributed by atoms with Crippen molar-refractivity contribution >= 4 is 43.4 Å². The summed E-state index contributed by atoms with van der Waals surface area (Å²) >= 11 is 0. The molecule has 0 radical (unpaired) electrons. The molecule has 292 valence electrons. The summed E-state index contributed by atoms with van der Waals surface area (Å²) in [6, 6.07) is 66.8. The first-order valence-corrected chi connectivity index (χ1v) is 22.1. The van der Waals surface area contributed by atoms with Crippen molar-refractivity contribution in [3.8, 4) is 39.9 Å². The molecule has 0 amide bonds. The number of nitrogens with zero attached hydrogens (tertiary/aromatic N) is 4. The van der Waals surface area contributed by atoms with Crippen molar-refractivity contribution in [2.24, 2.45) is 23.7 Å². The van der Waals surface area contributed by atoms with Crippen LogP contribution in [-0.2, 0) is 5.41 Å². The van der Waals surface area contributed by atoms with Gasteiger partial charge in [0.2, 0.25) is 0 Å². The zero-order valence-corrected chi connectivity index (χ0v) is 34.0. The summed E-state index contributed by atoms with van der Waals surface area (Å²) in [5, 5.41) is 7.68. The number of rotatable bonds is 6. The lowest BCUT2D eigenvalue weighted by Gasteiger charge is -2.62. The zero-order valence-electron chi connectivity index (χ0n) is 34.0. The van der Waals surface area contributed by atoms with Crippen LogP contribution >= 0.6 is 0 Å². The van der Waals surface area contributed by atoms with Crippen molar-refractivity contribution in [2.45, 2.75) is 37.5 Å². The Labute approximate surface area is 355 Å². The van der Waals surface area contributed by atoms with E-state index in [1.807, 2.05) is 36.4 Å². The fraction of sp³-hybridized carbons (Fsp3) is 0.175. The molecule has 4 aliphatic carbocycles. The van der Waals surface area contributed by atoms with E-state index in [0.717, 1.165) is 28.5 Å². The molecule has 0 spiro atoms. The van der Waals surface area contributed by atoms with Gasteiger partial charge in [0.25, 0.3) is 0 Å². The maximum Gasteiger partial charge on any atom is 0.164 e. The number of para-hydroxylation sites is 2. The minimum atomic E-state index is -0.0106. The quantitative estimate of drug-likeness (QED) is 0.169. The molecule has 4 bridgehead atoms. The molecular formula is C57H44N4. The Morgan fingerprint density at radius 1 is 0.377 bits per heavy atom. The Morgan fingerprint density at radius 2 is 0.820 bits per heavy atom. The molecule has 2 heterocycles. The predicted molar refractivity (Wildman–Crippen MR) is 250 cm³/mol. The van der Waals surface area contributed by atoms with E-state index >= 15 is 0 Å². The average Bonchev–Trinajstić information content (AvgIpc) is 3.66. The van der Waals surface area contributed by atoms with Crippen molar-refractivity contribution < 1.29 is 0 Å². The van der Waals surface area contributed by atoms with Crippen molar-refractivity contribution in [1.29, 1.82) is 0 Å². The third-order valence-corrected chi connectivity index (χ3v) is 14.8. The third kappa shape index (κ3) is 5.48. The first-order valence-electron chi connectivity index (χ1n) is 22.1. The summed E-state index contributed by atoms with van der Waals surface area (Å²) in [6.45, 7) is 0. The third-order valence-electron chi connectivity index (χ3n) is 14.8. The summed E-state index contributed by atoms with van der Waals surface area (Å²) in [6.07, 6.45) is 6.77. The number of hydrogen-bond donors (Lipinski definition) is 0. The lowest BCUT2D eigenvalue weighted by Crippen LogP contribution is -2.56. The Morgan fingerprint density at radius 3 is 1.38 bits per heavy atom. The minimum Gasteiger partial charge on any atom is -0.309 e. The largest absolute Gasteiger partial charge is 0.309 e. The standard InChI is InChI=1S/C57H44N4/c1-3-11-38(12-4-1)54-58-55(39-13-5-2-6-14-39)60-56(59-54)44-20-19-41-33-45(24-21-40(41)32-44)57(47-28-36-27-37(30-47)31-48(57)29-36)46-25-22-43-35-49(26-23-42(43)34-46)61-52-17-9-7-15-50(52)51-16-8-10-18-53(51)61/h1-26,32-37,47-48H,27-31H2. The van der Waals surface area contributed by atoms with Gasteiger partial charge in [-0.1, -0.05) is 152 Å². The van der Waals surface area contributed by atoms with Gasteiger partial charge in [-0.05, 0) is 119 Å². The first kappa shape index (κ1) is 34.9. The minimum absolute atomic E-state index is 0.0106. The monoisotopic (exact) mass is 784 g/mol. The number of fused-ring (bicyclic) bond motifs is 5. The summed E-state index contributed by atoms with van der Waals surface area (Å²) < 4.78 is 2.43. The van der Waals surface area contributed by atoms with E-state index in [1.54, 1.807) is 0 Å². The van der Waals surface area contributed by atoms with Gasteiger partial charge >= 0.3 is 0 Å². The van der Waals surface area contributed by atoms with Gasteiger partial charge in [-0.3, -0.25) is 0 Å². The molecule has 8 aromatic carbocycles. The number of hydrogen-bond acceptors (Lipinski definition) is 3. The fourth-order valence-corrected chi connectivity index (χ4v) is 12.4. The molecule has 0 N–H and O–H groups in total. The molecule has 4 nitrogen and oxygen atoms in total. The van der Waals surface area contributed by atoms with Gasteiger partial charge in [0, 0.05) is 38.6 Å². The van der Waals surface area contributed by atoms with Crippen LogP contribution in [0.1, 0.15) is 43.2 Å². The van der Waals surface area contributed by atoms with Gasteiger partial charge in [0.05, 0.1) is 11.0 Å². The first-order chi connectivity index (χ1) is 30.2. The Kier molecular flexibility index (Phi) is 7.76. The second-order valence-electron chi connectivity index (χ2n) is 18.1. The van der Waals surface area contributed by atoms with Crippen molar-refractivity contribution in [3.05, 3.63) is 193 Å². The van der Waals surface area contributed by atoms with E-state index in [4.69, 9.17) is 15.0 Å². The summed E-state index contributed by atoms with van der Waals surface area (Å²) in [7, 11) is 0. The van der Waals surface area contributed by atoms with Gasteiger partial charge in [-0.15, -0.1) is 0 Å². The van der Waals surface area contributed by atoms with Gasteiger partial charge < -0.3 is 4.57 Å². The molecule has 0 saturated heterocycles. The molecule has 14 rings (SSSR count). The highest BCUT2D eigenvalue weighted by molar-refractivity contribution is 6.09. The van der Waals surface area contributed by atoms with E-state index in [9.17, 15) is 0 Å². The Balaban J connectivity index is 0.918. The van der Waals surface area contributed by atoms with Crippen LogP contribution in [0.15, 0.2) is 182 Å². The van der Waals surface area contributed by atoms with Crippen molar-refractivity contribution in [2.75, 3.05) is 0 Å². The van der Waals surface area contributed by atoms with Gasteiger partial charge in [-0.2, -0.15) is 0 Å². The van der Waals surface area contributed by atoms with Crippen molar-refractivity contribution in [1.82, 2.24) is 19.5 Å². The summed E-state index contributed by atoms with van der Waals surface area (Å²) in [5.74, 6) is 5.09. The second-order valence-corrected chi connectivity index (χ2v) is 18.1. The number of aromatic nitrogens is 4. The van der Waals surface area contributed by atoms with Crippen LogP contribution in [0.3, 0.4) is 0 Å². The van der Waals surface area contributed by atoms with Crippen LogP contribution in [-0.4, -0.2) is 19.5 Å². The lowest BCUT2D eigenvalue weighted by molar-refractivity contribution is -0.0417. The Hall–Kier alpha value is -6.91. The average molecular weight is 785 g/mol. The van der Waals surface area contributed by atoms with Crippen LogP contribution in [0.5, 0.6) is 0 Å². The SMILES string of the molecule is c1ccc(-c2nc(-c3ccccc3)nc(-c3ccc4cc(C5(c6ccc7cc(-n8c9ccccc9c9ccccc98)ccc7c6)C6CC7CC(C6)CC5C7)ccc4c3)n2)cc1. The molecule has 4 aliphatic rings. The maximum absolute atomic E-state index is 5.05. The summed E-state index contributed by atoms with van der Waals surface area (Å²) in [4.78, 5) is 15.0. The molecule has 0 atom stereocenters. The maximum atomic E-state index is 5.05. The lowest BCUT2D eigenvalue weighted by atomic mass is 9.42.